The van der Waals surface area contributed by atoms with Gasteiger partial charge in [0, 0.05) is 35.9 Å². The third kappa shape index (κ3) is 6.53. The van der Waals surface area contributed by atoms with Crippen LogP contribution in [0.3, 0.4) is 0 Å². The van der Waals surface area contributed by atoms with Gasteiger partial charge >= 0.3 is 0 Å². The Balaban J connectivity index is 1.54. The van der Waals surface area contributed by atoms with Crippen molar-refractivity contribution in [3.05, 3.63) is 115 Å². The maximum Gasteiger partial charge on any atom is 0.269 e. The number of fused-ring (bicyclic) bond motifs is 1. The van der Waals surface area contributed by atoms with E-state index in [0.717, 1.165) is 6.29 Å². The predicted octanol–water partition coefficient (Wildman–Crippen LogP) is 8.83. The normalized spacial score (nSPS) is 12.4. The lowest BCUT2D eigenvalue weighted by molar-refractivity contribution is 0.111. The van der Waals surface area contributed by atoms with E-state index in [4.69, 9.17) is 9.52 Å². The number of hydrogen-bond donors (Lipinski definition) is 0. The zero-order chi connectivity index (χ0) is 35.0. The van der Waals surface area contributed by atoms with Crippen LogP contribution in [0.5, 0.6) is 0 Å². The summed E-state index contributed by atoms with van der Waals surface area (Å²) >= 11 is 0. The summed E-state index contributed by atoms with van der Waals surface area (Å²) in [5.74, 6) is -0.407. The molecule has 0 aliphatic rings. The topological polar surface area (TPSA) is 96.1 Å². The van der Waals surface area contributed by atoms with Crippen LogP contribution in [0, 0.1) is 5.82 Å². The second-order valence-corrected chi connectivity index (χ2v) is 20.1. The minimum Gasteiger partial charge on any atom is -0.417 e. The lowest BCUT2D eigenvalue weighted by Crippen LogP contribution is -2.41. The molecule has 0 spiro atoms. The molecular formula is C38H39FN4O4SSi. The van der Waals surface area contributed by atoms with E-state index in [0.29, 0.717) is 64.3 Å². The first kappa shape index (κ1) is 34.2. The van der Waals surface area contributed by atoms with Crippen molar-refractivity contribution in [2.45, 2.75) is 56.8 Å². The van der Waals surface area contributed by atoms with Crippen LogP contribution < -0.4 is 0 Å². The van der Waals surface area contributed by atoms with Gasteiger partial charge in [0.25, 0.3) is 10.0 Å². The van der Waals surface area contributed by atoms with E-state index in [1.807, 2.05) is 30.3 Å². The summed E-state index contributed by atoms with van der Waals surface area (Å²) in [7, 11) is -6.07. The average molecular weight is 695 g/mol. The number of pyridine rings is 1. The standard InChI is InChI=1S/C38H39FN4O4SSi/c1-38(2,3)49(4,5)47-24-12-23-42-34(26-44)35(28-17-19-29(39)20-18-28)36(41-42)31-21-22-40-37-32(31)25-33(27-13-8-6-9-14-27)43(37)48(45,46)30-15-10-7-11-16-30/h6-11,13-22,25-26H,12,23-24H2,1-5H3. The minimum absolute atomic E-state index is 0.0608. The van der Waals surface area contributed by atoms with E-state index in [9.17, 15) is 17.6 Å². The zero-order valence-corrected chi connectivity index (χ0v) is 30.0. The summed E-state index contributed by atoms with van der Waals surface area (Å²) < 4.78 is 52.0. The highest BCUT2D eigenvalue weighted by atomic mass is 32.2. The van der Waals surface area contributed by atoms with Crippen LogP contribution in [0.1, 0.15) is 37.7 Å². The molecule has 0 N–H and O–H groups in total. The second kappa shape index (κ2) is 13.3. The van der Waals surface area contributed by atoms with Crippen molar-refractivity contribution >= 4 is 35.7 Å². The Kier molecular flexibility index (Phi) is 9.27. The van der Waals surface area contributed by atoms with E-state index >= 15 is 0 Å². The molecule has 0 saturated carbocycles. The molecule has 0 fully saturated rings. The molecule has 6 aromatic rings. The number of aromatic nitrogens is 4. The molecule has 0 bridgehead atoms. The number of carbonyl (C=O) groups excluding carboxylic acids is 1. The molecule has 6 rings (SSSR count). The Morgan fingerprint density at radius 3 is 2.18 bits per heavy atom. The van der Waals surface area contributed by atoms with Crippen molar-refractivity contribution in [1.82, 2.24) is 18.7 Å². The monoisotopic (exact) mass is 694 g/mol. The number of aryl methyl sites for hydroxylation is 1. The third-order valence-electron chi connectivity index (χ3n) is 9.29. The fourth-order valence-electron chi connectivity index (χ4n) is 5.65. The first-order valence-electron chi connectivity index (χ1n) is 16.2. The summed E-state index contributed by atoms with van der Waals surface area (Å²) in [6.07, 6.45) is 2.93. The second-order valence-electron chi connectivity index (χ2n) is 13.5. The lowest BCUT2D eigenvalue weighted by Gasteiger charge is -2.36. The largest absolute Gasteiger partial charge is 0.417 e. The van der Waals surface area contributed by atoms with E-state index < -0.39 is 24.2 Å². The van der Waals surface area contributed by atoms with Crippen LogP contribution in [0.15, 0.2) is 108 Å². The minimum atomic E-state index is -4.09. The third-order valence-corrected chi connectivity index (χ3v) is 15.5. The van der Waals surface area contributed by atoms with Crippen LogP contribution in [0.4, 0.5) is 4.39 Å². The lowest BCUT2D eigenvalue weighted by atomic mass is 9.98. The van der Waals surface area contributed by atoms with Gasteiger partial charge < -0.3 is 4.43 Å². The summed E-state index contributed by atoms with van der Waals surface area (Å²) in [6.45, 7) is 11.9. The fraction of sp³-hybridized carbons (Fsp3) is 0.237. The quantitative estimate of drug-likeness (QED) is 0.0764. The highest BCUT2D eigenvalue weighted by Gasteiger charge is 2.37. The van der Waals surface area contributed by atoms with Gasteiger partial charge in [-0.3, -0.25) is 9.48 Å². The van der Waals surface area contributed by atoms with Gasteiger partial charge in [-0.2, -0.15) is 5.10 Å². The highest BCUT2D eigenvalue weighted by molar-refractivity contribution is 7.90. The molecule has 11 heteroatoms. The Morgan fingerprint density at radius 1 is 0.898 bits per heavy atom. The highest BCUT2D eigenvalue weighted by Crippen LogP contribution is 2.41. The van der Waals surface area contributed by atoms with Gasteiger partial charge in [0.2, 0.25) is 0 Å². The molecule has 3 aromatic carbocycles. The Morgan fingerprint density at radius 2 is 1.55 bits per heavy atom. The zero-order valence-electron chi connectivity index (χ0n) is 28.2. The van der Waals surface area contributed by atoms with E-state index in [-0.39, 0.29) is 15.6 Å². The number of nitrogens with zero attached hydrogens (tertiary/aromatic N) is 4. The SMILES string of the molecule is CC(C)(C)[Si](C)(C)OCCCn1nc(-c2ccnc3c2cc(-c2ccccc2)n3S(=O)(=O)c2ccccc2)c(-c2ccc(F)cc2)c1C=O. The Labute approximate surface area is 287 Å². The molecule has 8 nitrogen and oxygen atoms in total. The van der Waals surface area contributed by atoms with Gasteiger partial charge in [-0.05, 0) is 72.1 Å². The molecule has 0 saturated heterocycles. The van der Waals surface area contributed by atoms with Crippen LogP contribution in [0.25, 0.3) is 44.7 Å². The summed E-state index contributed by atoms with van der Waals surface area (Å²) in [5, 5.41) is 5.57. The summed E-state index contributed by atoms with van der Waals surface area (Å²) in [5.41, 5.74) is 3.84. The number of halogens is 1. The van der Waals surface area contributed by atoms with Crippen molar-refractivity contribution in [1.29, 1.82) is 0 Å². The van der Waals surface area contributed by atoms with Gasteiger partial charge in [0.05, 0.1) is 10.6 Å². The maximum absolute atomic E-state index is 14.3. The Bertz CT molecular complexity index is 2230. The summed E-state index contributed by atoms with van der Waals surface area (Å²) in [6, 6.07) is 27.0. The molecule has 0 radical (unpaired) electrons. The van der Waals surface area contributed by atoms with Crippen LogP contribution >= 0.6 is 0 Å². The molecule has 0 aliphatic carbocycles. The number of benzene rings is 3. The van der Waals surface area contributed by atoms with Crippen LogP contribution in [0.2, 0.25) is 18.1 Å². The van der Waals surface area contributed by atoms with Crippen molar-refractivity contribution in [3.63, 3.8) is 0 Å². The molecule has 0 aliphatic heterocycles. The van der Waals surface area contributed by atoms with Gasteiger partial charge in [0.1, 0.15) is 17.2 Å². The molecule has 0 unspecified atom stereocenters. The molecular weight excluding hydrogens is 656 g/mol. The van der Waals surface area contributed by atoms with Crippen molar-refractivity contribution < 1.29 is 22.0 Å². The van der Waals surface area contributed by atoms with Crippen LogP contribution in [-0.4, -0.2) is 48.4 Å². The van der Waals surface area contributed by atoms with E-state index in [1.54, 1.807) is 65.5 Å². The number of carbonyl (C=O) groups is 1. The Hall–Kier alpha value is -4.71. The smallest absolute Gasteiger partial charge is 0.269 e. The van der Waals surface area contributed by atoms with Gasteiger partial charge in [-0.25, -0.2) is 21.8 Å². The van der Waals surface area contributed by atoms with Crippen molar-refractivity contribution in [2.24, 2.45) is 0 Å². The number of hydrogen-bond acceptors (Lipinski definition) is 6. The number of aldehydes is 1. The molecule has 3 aromatic heterocycles. The molecule has 3 heterocycles. The van der Waals surface area contributed by atoms with E-state index in [1.165, 1.54) is 16.1 Å². The molecule has 0 amide bonds. The first-order chi connectivity index (χ1) is 23.3. The van der Waals surface area contributed by atoms with Crippen LogP contribution in [-0.2, 0) is 21.0 Å². The van der Waals surface area contributed by atoms with Gasteiger partial charge in [0.15, 0.2) is 20.3 Å². The number of rotatable bonds is 11. The van der Waals surface area contributed by atoms with Crippen molar-refractivity contribution in [2.75, 3.05) is 6.61 Å². The maximum atomic E-state index is 14.3. The first-order valence-corrected chi connectivity index (χ1v) is 20.5. The molecule has 0 atom stereocenters. The van der Waals surface area contributed by atoms with Gasteiger partial charge in [-0.1, -0.05) is 81.4 Å². The summed E-state index contributed by atoms with van der Waals surface area (Å²) in [4.78, 5) is 17.5. The van der Waals surface area contributed by atoms with Gasteiger partial charge in [-0.15, -0.1) is 0 Å². The fourth-order valence-corrected chi connectivity index (χ4v) is 8.24. The predicted molar refractivity (Wildman–Crippen MR) is 194 cm³/mol. The average Bonchev–Trinajstić information content (AvgIpc) is 3.67. The van der Waals surface area contributed by atoms with Crippen molar-refractivity contribution in [3.8, 4) is 33.6 Å². The molecule has 49 heavy (non-hydrogen) atoms. The van der Waals surface area contributed by atoms with E-state index in [2.05, 4.69) is 38.8 Å². The molecule has 252 valence electrons.